The first-order valence-corrected chi connectivity index (χ1v) is 10.6. The van der Waals surface area contributed by atoms with Crippen molar-refractivity contribution in [2.45, 2.75) is 12.5 Å². The number of halogens is 2. The standard InChI is InChI=1S/C22H18ClN3O2S.ClH/c23-16-3-1-14(2-4-16)19-11-15-8-10-26(22(27)21(15)29-19)17-5-6-20(25-12-17)28-18-7-9-24-13-18;/h1-6,8,10-12,18,24H,7,9,13H2;1H/t18-;/m1./s1. The fraction of sp³-hybridized carbons (Fsp3) is 0.182. The van der Waals surface area contributed by atoms with Gasteiger partial charge in [-0.3, -0.25) is 9.36 Å². The molecule has 1 atom stereocenters. The van der Waals surface area contributed by atoms with Crippen LogP contribution in [-0.4, -0.2) is 28.7 Å². The smallest absolute Gasteiger partial charge is 0.273 e. The molecule has 4 aromatic rings. The first kappa shape index (κ1) is 20.9. The van der Waals surface area contributed by atoms with Crippen LogP contribution < -0.4 is 15.6 Å². The predicted octanol–water partition coefficient (Wildman–Crippen LogP) is 4.93. The van der Waals surface area contributed by atoms with E-state index in [1.807, 2.05) is 48.5 Å². The second kappa shape index (κ2) is 8.78. The highest BCUT2D eigenvalue weighted by Gasteiger charge is 2.16. The maximum Gasteiger partial charge on any atom is 0.273 e. The van der Waals surface area contributed by atoms with Gasteiger partial charge in [-0.25, -0.2) is 4.98 Å². The van der Waals surface area contributed by atoms with Crippen LogP contribution in [0.25, 0.3) is 26.2 Å². The number of hydrogen-bond acceptors (Lipinski definition) is 5. The molecule has 8 heteroatoms. The van der Waals surface area contributed by atoms with E-state index in [0.29, 0.717) is 10.9 Å². The largest absolute Gasteiger partial charge is 0.473 e. The molecule has 1 aliphatic heterocycles. The van der Waals surface area contributed by atoms with Crippen molar-refractivity contribution < 1.29 is 4.74 Å². The van der Waals surface area contributed by atoms with Crippen molar-refractivity contribution in [3.63, 3.8) is 0 Å². The summed E-state index contributed by atoms with van der Waals surface area (Å²) in [6.45, 7) is 1.81. The second-order valence-electron chi connectivity index (χ2n) is 6.98. The van der Waals surface area contributed by atoms with Gasteiger partial charge < -0.3 is 10.1 Å². The normalized spacial score (nSPS) is 15.8. The van der Waals surface area contributed by atoms with Gasteiger partial charge in [0.05, 0.1) is 11.9 Å². The van der Waals surface area contributed by atoms with Crippen molar-refractivity contribution >= 4 is 45.4 Å². The number of pyridine rings is 2. The quantitative estimate of drug-likeness (QED) is 0.469. The molecule has 0 amide bonds. The number of hydrogen-bond donors (Lipinski definition) is 1. The van der Waals surface area contributed by atoms with Crippen LogP contribution >= 0.6 is 35.3 Å². The summed E-state index contributed by atoms with van der Waals surface area (Å²) < 4.78 is 8.20. The summed E-state index contributed by atoms with van der Waals surface area (Å²) in [6, 6.07) is 15.3. The zero-order chi connectivity index (χ0) is 19.8. The Bertz CT molecular complexity index is 1210. The highest BCUT2D eigenvalue weighted by molar-refractivity contribution is 7.22. The number of benzene rings is 1. The molecule has 4 heterocycles. The number of nitrogens with one attached hydrogen (secondary N) is 1. The minimum atomic E-state index is -0.0526. The Hall–Kier alpha value is -2.38. The van der Waals surface area contributed by atoms with Crippen LogP contribution in [0.1, 0.15) is 6.42 Å². The van der Waals surface area contributed by atoms with Gasteiger partial charge in [0.25, 0.3) is 5.56 Å². The Morgan fingerprint density at radius 1 is 1.17 bits per heavy atom. The van der Waals surface area contributed by atoms with Gasteiger partial charge in [-0.15, -0.1) is 23.7 Å². The lowest BCUT2D eigenvalue weighted by molar-refractivity contribution is 0.214. The van der Waals surface area contributed by atoms with Crippen molar-refractivity contribution in [3.05, 3.63) is 76.3 Å². The van der Waals surface area contributed by atoms with Gasteiger partial charge in [-0.1, -0.05) is 23.7 Å². The van der Waals surface area contributed by atoms with E-state index in [0.717, 1.165) is 45.7 Å². The van der Waals surface area contributed by atoms with Crippen LogP contribution in [0.15, 0.2) is 65.7 Å². The summed E-state index contributed by atoms with van der Waals surface area (Å²) >= 11 is 7.47. The number of thiophene rings is 1. The fourth-order valence-corrected chi connectivity index (χ4v) is 4.69. The Morgan fingerprint density at radius 2 is 2.00 bits per heavy atom. The number of fused-ring (bicyclic) bond motifs is 1. The number of aromatic nitrogens is 2. The average Bonchev–Trinajstić information content (AvgIpc) is 3.40. The lowest BCUT2D eigenvalue weighted by Crippen LogP contribution is -2.20. The molecule has 1 saturated heterocycles. The number of rotatable bonds is 4. The van der Waals surface area contributed by atoms with Gasteiger partial charge in [0.15, 0.2) is 0 Å². The molecule has 0 unspecified atom stereocenters. The fourth-order valence-electron chi connectivity index (χ4n) is 3.47. The topological polar surface area (TPSA) is 56.1 Å². The molecule has 3 aromatic heterocycles. The zero-order valence-corrected chi connectivity index (χ0v) is 18.3. The van der Waals surface area contributed by atoms with E-state index in [1.54, 1.807) is 17.0 Å². The third kappa shape index (κ3) is 4.09. The Kier molecular flexibility index (Phi) is 6.11. The highest BCUT2D eigenvalue weighted by atomic mass is 35.5. The van der Waals surface area contributed by atoms with E-state index in [1.165, 1.54) is 11.3 Å². The summed E-state index contributed by atoms with van der Waals surface area (Å²) in [5.74, 6) is 0.581. The van der Waals surface area contributed by atoms with Gasteiger partial charge in [0.2, 0.25) is 5.88 Å². The maximum atomic E-state index is 13.1. The van der Waals surface area contributed by atoms with E-state index in [2.05, 4.69) is 10.3 Å². The molecule has 0 saturated carbocycles. The van der Waals surface area contributed by atoms with Crippen LogP contribution in [-0.2, 0) is 0 Å². The van der Waals surface area contributed by atoms with E-state index < -0.39 is 0 Å². The molecule has 0 spiro atoms. The Morgan fingerprint density at radius 3 is 2.70 bits per heavy atom. The van der Waals surface area contributed by atoms with Crippen LogP contribution in [0.2, 0.25) is 5.02 Å². The SMILES string of the molecule is Cl.O=c1c2sc(-c3ccc(Cl)cc3)cc2ccn1-c1ccc(O[C@@H]2CCNC2)nc1. The van der Waals surface area contributed by atoms with Gasteiger partial charge in [-0.2, -0.15) is 0 Å². The van der Waals surface area contributed by atoms with E-state index in [4.69, 9.17) is 16.3 Å². The van der Waals surface area contributed by atoms with E-state index >= 15 is 0 Å². The molecule has 1 fully saturated rings. The van der Waals surface area contributed by atoms with Crippen LogP contribution in [0.5, 0.6) is 5.88 Å². The summed E-state index contributed by atoms with van der Waals surface area (Å²) in [7, 11) is 0. The third-order valence-electron chi connectivity index (χ3n) is 5.01. The van der Waals surface area contributed by atoms with Crippen LogP contribution in [0, 0.1) is 0 Å². The molecular formula is C22H19Cl2N3O2S. The van der Waals surface area contributed by atoms with Crippen molar-refractivity contribution in [3.8, 4) is 22.0 Å². The van der Waals surface area contributed by atoms with Gasteiger partial charge >= 0.3 is 0 Å². The molecular weight excluding hydrogens is 441 g/mol. The maximum absolute atomic E-state index is 13.1. The summed E-state index contributed by atoms with van der Waals surface area (Å²) in [5, 5.41) is 4.90. The molecule has 5 rings (SSSR count). The lowest BCUT2D eigenvalue weighted by Gasteiger charge is -2.12. The minimum Gasteiger partial charge on any atom is -0.473 e. The Balaban J connectivity index is 0.00000218. The van der Waals surface area contributed by atoms with Gasteiger partial charge in [0, 0.05) is 34.1 Å². The molecule has 0 aliphatic carbocycles. The summed E-state index contributed by atoms with van der Waals surface area (Å²) in [4.78, 5) is 18.5. The third-order valence-corrected chi connectivity index (χ3v) is 6.45. The highest BCUT2D eigenvalue weighted by Crippen LogP contribution is 2.32. The molecule has 0 radical (unpaired) electrons. The molecule has 1 aromatic carbocycles. The van der Waals surface area contributed by atoms with E-state index in [9.17, 15) is 4.79 Å². The molecule has 5 nitrogen and oxygen atoms in total. The lowest BCUT2D eigenvalue weighted by atomic mass is 10.2. The second-order valence-corrected chi connectivity index (χ2v) is 8.47. The molecule has 1 N–H and O–H groups in total. The molecule has 0 bridgehead atoms. The number of ether oxygens (including phenoxy) is 1. The van der Waals surface area contributed by atoms with Crippen molar-refractivity contribution in [1.29, 1.82) is 0 Å². The molecule has 30 heavy (non-hydrogen) atoms. The van der Waals surface area contributed by atoms with Crippen LogP contribution in [0.4, 0.5) is 0 Å². The van der Waals surface area contributed by atoms with Gasteiger partial charge in [-0.05, 0) is 48.9 Å². The summed E-state index contributed by atoms with van der Waals surface area (Å²) in [5.41, 5.74) is 1.71. The van der Waals surface area contributed by atoms with Crippen molar-refractivity contribution in [2.75, 3.05) is 13.1 Å². The zero-order valence-electron chi connectivity index (χ0n) is 15.9. The van der Waals surface area contributed by atoms with Gasteiger partial charge in [0.1, 0.15) is 10.8 Å². The number of nitrogens with zero attached hydrogens (tertiary/aromatic N) is 2. The molecule has 154 valence electrons. The first-order chi connectivity index (χ1) is 14.2. The minimum absolute atomic E-state index is 0. The molecule has 1 aliphatic rings. The summed E-state index contributed by atoms with van der Waals surface area (Å²) in [6.07, 6.45) is 4.61. The monoisotopic (exact) mass is 459 g/mol. The average molecular weight is 460 g/mol. The van der Waals surface area contributed by atoms with E-state index in [-0.39, 0.29) is 24.1 Å². The first-order valence-electron chi connectivity index (χ1n) is 9.42. The van der Waals surface area contributed by atoms with Crippen molar-refractivity contribution in [2.24, 2.45) is 0 Å². The van der Waals surface area contributed by atoms with Crippen molar-refractivity contribution in [1.82, 2.24) is 14.9 Å². The predicted molar refractivity (Wildman–Crippen MR) is 125 cm³/mol. The van der Waals surface area contributed by atoms with Crippen LogP contribution in [0.3, 0.4) is 0 Å². The Labute approximate surface area is 188 Å².